The summed E-state index contributed by atoms with van der Waals surface area (Å²) in [6, 6.07) is 34.0. The van der Waals surface area contributed by atoms with E-state index in [0.717, 1.165) is 46.4 Å². The molecule has 8 heteroatoms. The van der Waals surface area contributed by atoms with Crippen LogP contribution in [0, 0.1) is 0 Å². The summed E-state index contributed by atoms with van der Waals surface area (Å²) < 4.78 is 45.3. The average Bonchev–Trinajstić information content (AvgIpc) is 3.48. The Kier molecular flexibility index (Phi) is 11.5. The number of methoxy groups -OCH3 is 1. The van der Waals surface area contributed by atoms with E-state index < -0.39 is 31.5 Å². The predicted molar refractivity (Wildman–Crippen MR) is 240 cm³/mol. The number of rotatable bonds is 13. The fourth-order valence-corrected chi connectivity index (χ4v) is 11.7. The number of benzene rings is 5. The van der Waals surface area contributed by atoms with Gasteiger partial charge in [0.15, 0.2) is 5.60 Å². The molecule has 1 aliphatic carbocycles. The Morgan fingerprint density at radius 2 is 1.14 bits per heavy atom. The molecule has 0 amide bonds. The fraction of sp³-hybridized carbons (Fsp3) is 0.412. The van der Waals surface area contributed by atoms with Gasteiger partial charge in [-0.3, -0.25) is 0 Å². The third-order valence-corrected chi connectivity index (χ3v) is 14.2. The fourth-order valence-electron chi connectivity index (χ4n) is 8.82. The second kappa shape index (κ2) is 15.9. The smallest absolute Gasteiger partial charge is 0.497 e. The summed E-state index contributed by atoms with van der Waals surface area (Å²) >= 11 is 0. The molecule has 5 aromatic carbocycles. The molecule has 59 heavy (non-hydrogen) atoms. The highest BCUT2D eigenvalue weighted by atomic mass is 28.4. The zero-order valence-electron chi connectivity index (χ0n) is 37.1. The summed E-state index contributed by atoms with van der Waals surface area (Å²) in [5.41, 5.74) is 5.81. The van der Waals surface area contributed by atoms with Gasteiger partial charge >= 0.3 is 9.05 Å². The van der Waals surface area contributed by atoms with Crippen molar-refractivity contribution in [1.29, 1.82) is 0 Å². The molecule has 0 spiro atoms. The number of fused-ring (bicyclic) bond motifs is 8. The SMILES string of the molecule is CCC1(CC)c2ccccc2-c2c1c1c(c3ccccc23)OC(c2ccc(OC)cc2)(c2ccc(OCCO[Si](OC(C)(C)C)(OC(C)(C)C)OC(C)(C)C)cc2)C=C1. The van der Waals surface area contributed by atoms with E-state index in [1.807, 2.05) is 86.6 Å². The number of hydrogen-bond donors (Lipinski definition) is 0. The second-order valence-electron chi connectivity index (χ2n) is 18.6. The highest BCUT2D eigenvalue weighted by molar-refractivity contribution is 6.54. The van der Waals surface area contributed by atoms with Crippen molar-refractivity contribution in [3.8, 4) is 28.4 Å². The molecule has 2 aliphatic rings. The summed E-state index contributed by atoms with van der Waals surface area (Å²) in [5, 5.41) is 2.31. The first-order valence-electron chi connectivity index (χ1n) is 21.1. The van der Waals surface area contributed by atoms with Crippen molar-refractivity contribution in [3.05, 3.63) is 131 Å². The average molecular weight is 815 g/mol. The molecule has 1 atom stereocenters. The van der Waals surface area contributed by atoms with E-state index in [4.69, 9.17) is 31.9 Å². The minimum Gasteiger partial charge on any atom is -0.497 e. The molecular formula is C51H62O7Si. The van der Waals surface area contributed by atoms with Crippen LogP contribution in [0.5, 0.6) is 17.2 Å². The number of ether oxygens (including phenoxy) is 3. The van der Waals surface area contributed by atoms with Crippen molar-refractivity contribution >= 4 is 25.9 Å². The van der Waals surface area contributed by atoms with Gasteiger partial charge in [-0.1, -0.05) is 92.7 Å². The lowest BCUT2D eigenvalue weighted by molar-refractivity contribution is -0.135. The molecule has 0 N–H and O–H groups in total. The molecule has 0 saturated heterocycles. The van der Waals surface area contributed by atoms with Gasteiger partial charge in [0.2, 0.25) is 0 Å². The van der Waals surface area contributed by atoms with Gasteiger partial charge in [0, 0.05) is 27.5 Å². The van der Waals surface area contributed by atoms with E-state index in [1.165, 1.54) is 27.6 Å². The van der Waals surface area contributed by atoms with Gasteiger partial charge < -0.3 is 31.9 Å². The summed E-state index contributed by atoms with van der Waals surface area (Å²) in [6.07, 6.45) is 6.53. The molecule has 0 aromatic heterocycles. The molecular weight excluding hydrogens is 753 g/mol. The monoisotopic (exact) mass is 814 g/mol. The van der Waals surface area contributed by atoms with Crippen LogP contribution in [0.1, 0.15) is 117 Å². The van der Waals surface area contributed by atoms with E-state index >= 15 is 0 Å². The predicted octanol–water partition coefficient (Wildman–Crippen LogP) is 12.6. The van der Waals surface area contributed by atoms with Gasteiger partial charge in [-0.25, -0.2) is 0 Å². The molecule has 0 radical (unpaired) electrons. The molecule has 0 bridgehead atoms. The highest BCUT2D eigenvalue weighted by Gasteiger charge is 2.54. The number of hydrogen-bond acceptors (Lipinski definition) is 7. The summed E-state index contributed by atoms with van der Waals surface area (Å²) in [4.78, 5) is 0. The van der Waals surface area contributed by atoms with Crippen molar-refractivity contribution in [2.75, 3.05) is 20.3 Å². The van der Waals surface area contributed by atoms with Crippen LogP contribution in [0.2, 0.25) is 0 Å². The largest absolute Gasteiger partial charge is 0.681 e. The lowest BCUT2D eigenvalue weighted by atomic mass is 9.71. The van der Waals surface area contributed by atoms with E-state index in [0.29, 0.717) is 5.75 Å². The van der Waals surface area contributed by atoms with Gasteiger partial charge in [0.05, 0.1) is 30.5 Å². The van der Waals surface area contributed by atoms with Gasteiger partial charge in [0.1, 0.15) is 23.9 Å². The van der Waals surface area contributed by atoms with Crippen molar-refractivity contribution in [3.63, 3.8) is 0 Å². The van der Waals surface area contributed by atoms with Gasteiger partial charge in [-0.15, -0.1) is 0 Å². The normalized spacial score (nSPS) is 17.3. The molecule has 1 unspecified atom stereocenters. The minimum absolute atomic E-state index is 0.130. The maximum atomic E-state index is 7.55. The summed E-state index contributed by atoms with van der Waals surface area (Å²) in [5.74, 6) is 2.39. The molecule has 1 aliphatic heterocycles. The van der Waals surface area contributed by atoms with Crippen molar-refractivity contribution in [2.45, 2.75) is 117 Å². The van der Waals surface area contributed by atoms with Crippen LogP contribution >= 0.6 is 0 Å². The van der Waals surface area contributed by atoms with Gasteiger partial charge in [-0.05, 0) is 133 Å². The lowest BCUT2D eigenvalue weighted by Gasteiger charge is -2.41. The maximum Gasteiger partial charge on any atom is 0.681 e. The van der Waals surface area contributed by atoms with E-state index in [9.17, 15) is 0 Å². The Bertz CT molecular complexity index is 2260. The molecule has 0 fully saturated rings. The van der Waals surface area contributed by atoms with Crippen LogP contribution in [-0.4, -0.2) is 46.2 Å². The van der Waals surface area contributed by atoms with Crippen LogP contribution in [0.3, 0.4) is 0 Å². The van der Waals surface area contributed by atoms with Gasteiger partial charge in [0.25, 0.3) is 0 Å². The van der Waals surface area contributed by atoms with Crippen LogP contribution < -0.4 is 14.2 Å². The lowest BCUT2D eigenvalue weighted by Crippen LogP contribution is -2.59. The molecule has 1 heterocycles. The van der Waals surface area contributed by atoms with Crippen molar-refractivity contribution in [1.82, 2.24) is 0 Å². The first-order valence-corrected chi connectivity index (χ1v) is 22.7. The van der Waals surface area contributed by atoms with Crippen molar-refractivity contribution in [2.24, 2.45) is 0 Å². The maximum absolute atomic E-state index is 7.55. The zero-order valence-corrected chi connectivity index (χ0v) is 38.1. The summed E-state index contributed by atoms with van der Waals surface area (Å²) in [6.45, 7) is 22.9. The molecule has 0 saturated carbocycles. The quantitative estimate of drug-likeness (QED) is 0.0866. The van der Waals surface area contributed by atoms with E-state index in [-0.39, 0.29) is 18.6 Å². The Labute approximate surface area is 353 Å². The minimum atomic E-state index is -3.63. The first-order chi connectivity index (χ1) is 27.9. The molecule has 312 valence electrons. The highest BCUT2D eigenvalue weighted by Crippen LogP contribution is 2.60. The molecule has 7 rings (SSSR count). The standard InChI is InChI=1S/C51H62O7Si/c1-13-50(14-2)43-22-18-17-21-41(43)44-39-19-15-16-20-40(39)46-42(45(44)50)31-32-51(55-46,35-23-27-37(52-12)28-24-35)36-25-29-38(30-26-36)53-33-34-54-59(56-47(3,4)5,57-48(6,7)8)58-49(9,10)11/h15-32H,13-14,33-34H2,1-12H3. The Balaban J connectivity index is 1.24. The van der Waals surface area contributed by atoms with Gasteiger partial charge in [-0.2, -0.15) is 0 Å². The van der Waals surface area contributed by atoms with E-state index in [2.05, 4.69) is 98.8 Å². The zero-order chi connectivity index (χ0) is 42.4. The molecule has 7 nitrogen and oxygen atoms in total. The topological polar surface area (TPSA) is 64.6 Å². The first kappa shape index (κ1) is 42.7. The van der Waals surface area contributed by atoms with E-state index in [1.54, 1.807) is 7.11 Å². The Morgan fingerprint density at radius 1 is 0.610 bits per heavy atom. The van der Waals surface area contributed by atoms with Crippen LogP contribution in [0.15, 0.2) is 103 Å². The molecule has 5 aromatic rings. The van der Waals surface area contributed by atoms with Crippen LogP contribution in [0.4, 0.5) is 0 Å². The van der Waals surface area contributed by atoms with Crippen LogP contribution in [0.25, 0.3) is 28.0 Å². The summed E-state index contributed by atoms with van der Waals surface area (Å²) in [7, 11) is -1.94. The van der Waals surface area contributed by atoms with Crippen molar-refractivity contribution < 1.29 is 31.9 Å². The van der Waals surface area contributed by atoms with Crippen LogP contribution in [-0.2, 0) is 28.7 Å². The third-order valence-electron chi connectivity index (χ3n) is 11.1. The Hall–Kier alpha value is -4.44. The third kappa shape index (κ3) is 8.35. The Morgan fingerprint density at radius 3 is 1.68 bits per heavy atom. The second-order valence-corrected chi connectivity index (χ2v) is 20.5.